The highest BCUT2D eigenvalue weighted by Crippen LogP contribution is 2.14. The van der Waals surface area contributed by atoms with E-state index in [1.165, 1.54) is 24.3 Å². The van der Waals surface area contributed by atoms with Crippen molar-refractivity contribution in [2.75, 3.05) is 6.61 Å². The molecule has 2 nitrogen and oxygen atoms in total. The Morgan fingerprint density at radius 3 is 2.62 bits per heavy atom. The predicted octanol–water partition coefficient (Wildman–Crippen LogP) is 4.29. The van der Waals surface area contributed by atoms with E-state index in [0.29, 0.717) is 12.2 Å². The molecule has 0 bridgehead atoms. The minimum atomic E-state index is -0.419. The first-order chi connectivity index (χ1) is 10.2. The highest BCUT2D eigenvalue weighted by Gasteiger charge is 2.02. The minimum Gasteiger partial charge on any atom is -0.490 e. The van der Waals surface area contributed by atoms with E-state index < -0.39 is 5.82 Å². The van der Waals surface area contributed by atoms with E-state index >= 15 is 0 Å². The van der Waals surface area contributed by atoms with E-state index in [1.807, 2.05) is 24.3 Å². The van der Waals surface area contributed by atoms with Gasteiger partial charge in [0.15, 0.2) is 5.78 Å². The van der Waals surface area contributed by atoms with E-state index in [9.17, 15) is 9.18 Å². The second kappa shape index (κ2) is 7.20. The molecule has 106 valence electrons. The summed E-state index contributed by atoms with van der Waals surface area (Å²) >= 11 is 0. The SMILES string of the molecule is C=CCOc1ccc(C=CC(=O)c2cccc(F)c2)cc1. The normalized spacial score (nSPS) is 10.5. The topological polar surface area (TPSA) is 26.3 Å². The van der Waals surface area contributed by atoms with E-state index in [-0.39, 0.29) is 5.78 Å². The molecule has 3 heteroatoms. The molecule has 2 aromatic carbocycles. The van der Waals surface area contributed by atoms with Crippen LogP contribution in [0.5, 0.6) is 5.75 Å². The van der Waals surface area contributed by atoms with Crippen LogP contribution in [-0.2, 0) is 0 Å². The lowest BCUT2D eigenvalue weighted by atomic mass is 10.1. The van der Waals surface area contributed by atoms with Crippen LogP contribution in [0.25, 0.3) is 6.08 Å². The van der Waals surface area contributed by atoms with Gasteiger partial charge in [0.1, 0.15) is 18.2 Å². The van der Waals surface area contributed by atoms with Crippen LogP contribution in [0.2, 0.25) is 0 Å². The quantitative estimate of drug-likeness (QED) is 0.449. The van der Waals surface area contributed by atoms with E-state index in [0.717, 1.165) is 11.3 Å². The molecule has 0 heterocycles. The van der Waals surface area contributed by atoms with E-state index in [2.05, 4.69) is 6.58 Å². The monoisotopic (exact) mass is 282 g/mol. The van der Waals surface area contributed by atoms with Gasteiger partial charge in [-0.15, -0.1) is 0 Å². The summed E-state index contributed by atoms with van der Waals surface area (Å²) in [6.07, 6.45) is 4.78. The van der Waals surface area contributed by atoms with Gasteiger partial charge in [0.05, 0.1) is 0 Å². The summed E-state index contributed by atoms with van der Waals surface area (Å²) in [6.45, 7) is 4.03. The van der Waals surface area contributed by atoms with E-state index in [4.69, 9.17) is 4.74 Å². The molecule has 0 saturated carbocycles. The molecule has 0 N–H and O–H groups in total. The number of rotatable bonds is 6. The van der Waals surface area contributed by atoms with Crippen molar-refractivity contribution in [3.8, 4) is 5.75 Å². The van der Waals surface area contributed by atoms with Gasteiger partial charge in [-0.1, -0.05) is 43.0 Å². The Hall–Kier alpha value is -2.68. The molecule has 0 aromatic heterocycles. The van der Waals surface area contributed by atoms with Crippen LogP contribution in [0.15, 0.2) is 67.3 Å². The second-order valence-corrected chi connectivity index (χ2v) is 4.38. The number of ether oxygens (including phenoxy) is 1. The summed E-state index contributed by atoms with van der Waals surface area (Å²) in [5, 5.41) is 0. The Morgan fingerprint density at radius 1 is 1.19 bits per heavy atom. The molecule has 0 aliphatic heterocycles. The van der Waals surface area contributed by atoms with E-state index in [1.54, 1.807) is 18.2 Å². The van der Waals surface area contributed by atoms with Gasteiger partial charge in [0.25, 0.3) is 0 Å². The Bertz CT molecular complexity index is 657. The maximum Gasteiger partial charge on any atom is 0.185 e. The van der Waals surface area contributed by atoms with Gasteiger partial charge in [0.2, 0.25) is 0 Å². The number of hydrogen-bond donors (Lipinski definition) is 0. The van der Waals surface area contributed by atoms with Crippen LogP contribution in [0.1, 0.15) is 15.9 Å². The first-order valence-corrected chi connectivity index (χ1v) is 6.51. The highest BCUT2D eigenvalue weighted by atomic mass is 19.1. The second-order valence-electron chi connectivity index (χ2n) is 4.38. The zero-order valence-corrected chi connectivity index (χ0v) is 11.5. The molecule has 0 atom stereocenters. The van der Waals surface area contributed by atoms with Gasteiger partial charge < -0.3 is 4.74 Å². The Morgan fingerprint density at radius 2 is 1.95 bits per heavy atom. The molecule has 0 spiro atoms. The molecule has 0 aliphatic rings. The number of ketones is 1. The third kappa shape index (κ3) is 4.42. The van der Waals surface area contributed by atoms with Crippen LogP contribution in [0.3, 0.4) is 0 Å². The van der Waals surface area contributed by atoms with Crippen molar-refractivity contribution >= 4 is 11.9 Å². The van der Waals surface area contributed by atoms with Crippen LogP contribution >= 0.6 is 0 Å². The van der Waals surface area contributed by atoms with Crippen molar-refractivity contribution in [3.63, 3.8) is 0 Å². The van der Waals surface area contributed by atoms with Gasteiger partial charge >= 0.3 is 0 Å². The zero-order chi connectivity index (χ0) is 15.1. The number of benzene rings is 2. The number of carbonyl (C=O) groups excluding carboxylic acids is 1. The lowest BCUT2D eigenvalue weighted by Crippen LogP contribution is -1.94. The third-order valence-corrected chi connectivity index (χ3v) is 2.78. The number of hydrogen-bond acceptors (Lipinski definition) is 2. The van der Waals surface area contributed by atoms with Crippen LogP contribution in [0.4, 0.5) is 4.39 Å². The summed E-state index contributed by atoms with van der Waals surface area (Å²) in [7, 11) is 0. The molecule has 0 radical (unpaired) electrons. The third-order valence-electron chi connectivity index (χ3n) is 2.78. The lowest BCUT2D eigenvalue weighted by molar-refractivity contribution is 0.104. The summed E-state index contributed by atoms with van der Waals surface area (Å²) in [5.74, 6) is 0.0861. The molecular formula is C18H15FO2. The first-order valence-electron chi connectivity index (χ1n) is 6.51. The van der Waals surface area contributed by atoms with Crippen molar-refractivity contribution in [2.45, 2.75) is 0 Å². The van der Waals surface area contributed by atoms with Gasteiger partial charge in [-0.3, -0.25) is 4.79 Å². The summed E-state index contributed by atoms with van der Waals surface area (Å²) in [6, 6.07) is 12.9. The molecule has 2 rings (SSSR count). The van der Waals surface area contributed by atoms with Crippen molar-refractivity contribution in [1.29, 1.82) is 0 Å². The number of carbonyl (C=O) groups is 1. The maximum absolute atomic E-state index is 13.0. The van der Waals surface area contributed by atoms with Crippen molar-refractivity contribution in [3.05, 3.63) is 84.2 Å². The van der Waals surface area contributed by atoms with Crippen molar-refractivity contribution in [2.24, 2.45) is 0 Å². The Balaban J connectivity index is 2.03. The van der Waals surface area contributed by atoms with Gasteiger partial charge in [0, 0.05) is 5.56 Å². The molecule has 0 saturated heterocycles. The maximum atomic E-state index is 13.0. The summed E-state index contributed by atoms with van der Waals surface area (Å²) in [4.78, 5) is 11.9. The fourth-order valence-electron chi connectivity index (χ4n) is 1.74. The van der Waals surface area contributed by atoms with Crippen molar-refractivity contribution < 1.29 is 13.9 Å². The molecule has 21 heavy (non-hydrogen) atoms. The first kappa shape index (κ1) is 14.7. The number of allylic oxidation sites excluding steroid dienone is 1. The molecule has 0 aliphatic carbocycles. The Labute approximate surface area is 123 Å². The minimum absolute atomic E-state index is 0.235. The highest BCUT2D eigenvalue weighted by molar-refractivity contribution is 6.06. The fourth-order valence-corrected chi connectivity index (χ4v) is 1.74. The van der Waals surface area contributed by atoms with Crippen LogP contribution in [-0.4, -0.2) is 12.4 Å². The fraction of sp³-hybridized carbons (Fsp3) is 0.0556. The average molecular weight is 282 g/mol. The van der Waals surface area contributed by atoms with Crippen LogP contribution in [0, 0.1) is 5.82 Å². The Kier molecular flexibility index (Phi) is 5.04. The molecular weight excluding hydrogens is 267 g/mol. The molecule has 0 amide bonds. The van der Waals surface area contributed by atoms with Crippen LogP contribution < -0.4 is 4.74 Å². The lowest BCUT2D eigenvalue weighted by Gasteiger charge is -2.02. The summed E-state index contributed by atoms with van der Waals surface area (Å²) < 4.78 is 18.4. The van der Waals surface area contributed by atoms with Gasteiger partial charge in [-0.25, -0.2) is 4.39 Å². The average Bonchev–Trinajstić information content (AvgIpc) is 2.51. The van der Waals surface area contributed by atoms with Gasteiger partial charge in [-0.2, -0.15) is 0 Å². The number of halogens is 1. The standard InChI is InChI=1S/C18H15FO2/c1-2-12-21-17-9-6-14(7-10-17)8-11-18(20)15-4-3-5-16(19)13-15/h2-11,13H,1,12H2. The summed E-state index contributed by atoms with van der Waals surface area (Å²) in [5.41, 5.74) is 1.20. The molecule has 0 unspecified atom stereocenters. The predicted molar refractivity (Wildman–Crippen MR) is 81.9 cm³/mol. The zero-order valence-electron chi connectivity index (χ0n) is 11.5. The van der Waals surface area contributed by atoms with Gasteiger partial charge in [-0.05, 0) is 35.9 Å². The molecule has 2 aromatic rings. The smallest absolute Gasteiger partial charge is 0.185 e. The molecule has 0 fully saturated rings. The largest absolute Gasteiger partial charge is 0.490 e. The van der Waals surface area contributed by atoms with Crippen molar-refractivity contribution in [1.82, 2.24) is 0 Å².